The lowest BCUT2D eigenvalue weighted by molar-refractivity contribution is -0.0504. The molecular formula is C23H22F2N2O4S. The first-order valence-electron chi connectivity index (χ1n) is 9.67. The highest BCUT2D eigenvalue weighted by Gasteiger charge is 2.19. The van der Waals surface area contributed by atoms with E-state index in [0.717, 1.165) is 5.56 Å². The molecule has 0 fully saturated rings. The second-order valence-electron chi connectivity index (χ2n) is 7.12. The third-order valence-corrected chi connectivity index (χ3v) is 6.07. The number of hydrogen-bond donors (Lipinski definition) is 2. The van der Waals surface area contributed by atoms with E-state index in [1.807, 2.05) is 6.92 Å². The van der Waals surface area contributed by atoms with E-state index in [0.29, 0.717) is 16.8 Å². The lowest BCUT2D eigenvalue weighted by Crippen LogP contribution is -2.24. The molecule has 3 aromatic carbocycles. The summed E-state index contributed by atoms with van der Waals surface area (Å²) in [7, 11) is -3.92. The van der Waals surface area contributed by atoms with Crippen LogP contribution in [-0.2, 0) is 16.6 Å². The highest BCUT2D eigenvalue weighted by Crippen LogP contribution is 2.22. The van der Waals surface area contributed by atoms with Gasteiger partial charge in [0.05, 0.1) is 4.90 Å². The maximum atomic E-state index is 12.8. The molecule has 0 saturated heterocycles. The van der Waals surface area contributed by atoms with Gasteiger partial charge < -0.3 is 10.1 Å². The fraction of sp³-hybridized carbons (Fsp3) is 0.174. The standard InChI is InChI=1S/C23H22F2N2O4S/c1-15-7-10-18(11-8-15)27-32(29,30)19-12-9-16(2)20(13-19)22(28)26-14-17-5-3-4-6-21(17)31-23(24)25/h3-13,23,27H,14H2,1-2H3,(H,26,28). The van der Waals surface area contributed by atoms with Crippen LogP contribution < -0.4 is 14.8 Å². The maximum absolute atomic E-state index is 12.8. The Labute approximate surface area is 185 Å². The topological polar surface area (TPSA) is 84.5 Å². The highest BCUT2D eigenvalue weighted by molar-refractivity contribution is 7.92. The minimum Gasteiger partial charge on any atom is -0.434 e. The summed E-state index contributed by atoms with van der Waals surface area (Å²) < 4.78 is 57.6. The van der Waals surface area contributed by atoms with Crippen molar-refractivity contribution in [2.24, 2.45) is 0 Å². The van der Waals surface area contributed by atoms with Gasteiger partial charge in [0.1, 0.15) is 5.75 Å². The van der Waals surface area contributed by atoms with E-state index < -0.39 is 22.5 Å². The van der Waals surface area contributed by atoms with E-state index in [2.05, 4.69) is 14.8 Å². The number of aryl methyl sites for hydroxylation is 2. The largest absolute Gasteiger partial charge is 0.434 e. The van der Waals surface area contributed by atoms with Gasteiger partial charge in [-0.15, -0.1) is 0 Å². The predicted molar refractivity (Wildman–Crippen MR) is 117 cm³/mol. The van der Waals surface area contributed by atoms with Crippen molar-refractivity contribution in [3.05, 3.63) is 89.0 Å². The number of sulfonamides is 1. The van der Waals surface area contributed by atoms with Crippen molar-refractivity contribution >= 4 is 21.6 Å². The Hall–Kier alpha value is -3.46. The van der Waals surface area contributed by atoms with Gasteiger partial charge in [0.25, 0.3) is 15.9 Å². The zero-order valence-electron chi connectivity index (χ0n) is 17.4. The molecule has 1 amide bonds. The van der Waals surface area contributed by atoms with Crippen molar-refractivity contribution in [3.8, 4) is 5.75 Å². The summed E-state index contributed by atoms with van der Waals surface area (Å²) >= 11 is 0. The number of hydrogen-bond acceptors (Lipinski definition) is 4. The molecule has 32 heavy (non-hydrogen) atoms. The van der Waals surface area contributed by atoms with Crippen LogP contribution >= 0.6 is 0 Å². The van der Waals surface area contributed by atoms with Gasteiger partial charge in [0, 0.05) is 23.4 Å². The Morgan fingerprint density at radius 1 is 1.00 bits per heavy atom. The maximum Gasteiger partial charge on any atom is 0.387 e. The minimum absolute atomic E-state index is 0.0434. The monoisotopic (exact) mass is 460 g/mol. The molecule has 0 aliphatic carbocycles. The van der Waals surface area contributed by atoms with Crippen molar-refractivity contribution in [2.45, 2.75) is 31.9 Å². The van der Waals surface area contributed by atoms with Crippen LogP contribution in [0.3, 0.4) is 0 Å². The Bertz CT molecular complexity index is 1210. The van der Waals surface area contributed by atoms with Gasteiger partial charge in [-0.1, -0.05) is 42.0 Å². The first-order chi connectivity index (χ1) is 15.2. The van der Waals surface area contributed by atoms with Gasteiger partial charge >= 0.3 is 6.61 Å². The summed E-state index contributed by atoms with van der Waals surface area (Å²) in [6, 6.07) is 17.2. The van der Waals surface area contributed by atoms with Crippen LogP contribution in [0.4, 0.5) is 14.5 Å². The summed E-state index contributed by atoms with van der Waals surface area (Å²) in [6.07, 6.45) is 0. The summed E-state index contributed by atoms with van der Waals surface area (Å²) in [5, 5.41) is 2.63. The number of alkyl halides is 2. The zero-order valence-corrected chi connectivity index (χ0v) is 18.2. The molecule has 2 N–H and O–H groups in total. The third-order valence-electron chi connectivity index (χ3n) is 4.70. The van der Waals surface area contributed by atoms with Crippen LogP contribution in [0.15, 0.2) is 71.6 Å². The molecule has 0 radical (unpaired) electrons. The van der Waals surface area contributed by atoms with Crippen molar-refractivity contribution in [1.82, 2.24) is 5.32 Å². The zero-order chi connectivity index (χ0) is 23.3. The number of nitrogens with one attached hydrogen (secondary N) is 2. The van der Waals surface area contributed by atoms with Crippen LogP contribution in [0, 0.1) is 13.8 Å². The number of rotatable bonds is 8. The van der Waals surface area contributed by atoms with Gasteiger partial charge in [0.2, 0.25) is 0 Å². The van der Waals surface area contributed by atoms with Crippen LogP contribution in [0.1, 0.15) is 27.0 Å². The molecule has 9 heteroatoms. The molecule has 0 aliphatic rings. The molecule has 3 rings (SSSR count). The number of para-hydroxylation sites is 1. The van der Waals surface area contributed by atoms with E-state index in [9.17, 15) is 22.0 Å². The molecular weight excluding hydrogens is 438 g/mol. The van der Waals surface area contributed by atoms with Gasteiger partial charge in [-0.05, 0) is 49.7 Å². The SMILES string of the molecule is Cc1ccc(NS(=O)(=O)c2ccc(C)c(C(=O)NCc3ccccc3OC(F)F)c2)cc1. The fourth-order valence-corrected chi connectivity index (χ4v) is 4.06. The second-order valence-corrected chi connectivity index (χ2v) is 8.80. The normalized spacial score (nSPS) is 11.3. The number of amides is 1. The fourth-order valence-electron chi connectivity index (χ4n) is 2.98. The van der Waals surface area contributed by atoms with E-state index in [-0.39, 0.29) is 22.8 Å². The Morgan fingerprint density at radius 2 is 1.69 bits per heavy atom. The van der Waals surface area contributed by atoms with Gasteiger partial charge in [-0.25, -0.2) is 8.42 Å². The average Bonchev–Trinajstić information content (AvgIpc) is 2.74. The Balaban J connectivity index is 1.78. The smallest absolute Gasteiger partial charge is 0.387 e. The van der Waals surface area contributed by atoms with E-state index >= 15 is 0 Å². The van der Waals surface area contributed by atoms with Crippen LogP contribution in [0.25, 0.3) is 0 Å². The number of carbonyl (C=O) groups is 1. The van der Waals surface area contributed by atoms with Crippen LogP contribution in [-0.4, -0.2) is 20.9 Å². The number of carbonyl (C=O) groups excluding carboxylic acids is 1. The minimum atomic E-state index is -3.92. The molecule has 0 saturated carbocycles. The predicted octanol–water partition coefficient (Wildman–Crippen LogP) is 4.64. The Kier molecular flexibility index (Phi) is 7.09. The third kappa shape index (κ3) is 5.82. The molecule has 0 heterocycles. The van der Waals surface area contributed by atoms with Gasteiger partial charge in [-0.2, -0.15) is 8.78 Å². The lowest BCUT2D eigenvalue weighted by atomic mass is 10.1. The molecule has 3 aromatic rings. The van der Waals surface area contributed by atoms with Crippen molar-refractivity contribution in [2.75, 3.05) is 4.72 Å². The quantitative estimate of drug-likeness (QED) is 0.513. The highest BCUT2D eigenvalue weighted by atomic mass is 32.2. The molecule has 0 atom stereocenters. The molecule has 6 nitrogen and oxygen atoms in total. The Morgan fingerprint density at radius 3 is 2.38 bits per heavy atom. The van der Waals surface area contributed by atoms with Gasteiger partial charge in [0.15, 0.2) is 0 Å². The molecule has 168 valence electrons. The first kappa shape index (κ1) is 23.2. The number of benzene rings is 3. The molecule has 0 spiro atoms. The first-order valence-corrected chi connectivity index (χ1v) is 11.1. The van der Waals surface area contributed by atoms with Crippen molar-refractivity contribution in [3.63, 3.8) is 0 Å². The van der Waals surface area contributed by atoms with Crippen molar-refractivity contribution in [1.29, 1.82) is 0 Å². The van der Waals surface area contributed by atoms with Crippen molar-refractivity contribution < 1.29 is 26.7 Å². The lowest BCUT2D eigenvalue weighted by Gasteiger charge is -2.13. The summed E-state index contributed by atoms with van der Waals surface area (Å²) in [5.41, 5.74) is 2.47. The van der Waals surface area contributed by atoms with E-state index in [1.54, 1.807) is 49.4 Å². The van der Waals surface area contributed by atoms with E-state index in [4.69, 9.17) is 0 Å². The molecule has 0 aromatic heterocycles. The number of halogens is 2. The number of anilines is 1. The molecule has 0 unspecified atom stereocenters. The van der Waals surface area contributed by atoms with Crippen LogP contribution in [0.5, 0.6) is 5.75 Å². The molecule has 0 bridgehead atoms. The summed E-state index contributed by atoms with van der Waals surface area (Å²) in [4.78, 5) is 12.7. The summed E-state index contributed by atoms with van der Waals surface area (Å²) in [5.74, 6) is -0.583. The van der Waals surface area contributed by atoms with E-state index in [1.165, 1.54) is 24.3 Å². The average molecular weight is 461 g/mol. The van der Waals surface area contributed by atoms with Crippen LogP contribution in [0.2, 0.25) is 0 Å². The summed E-state index contributed by atoms with van der Waals surface area (Å²) in [6.45, 7) is 0.505. The second kappa shape index (κ2) is 9.78. The van der Waals surface area contributed by atoms with Gasteiger partial charge in [-0.3, -0.25) is 9.52 Å². The number of ether oxygens (including phenoxy) is 1. The molecule has 0 aliphatic heterocycles.